The molecule has 20 heavy (non-hydrogen) atoms. The maximum atomic E-state index is 11.2. The highest BCUT2D eigenvalue weighted by Gasteiger charge is 2.13. The summed E-state index contributed by atoms with van der Waals surface area (Å²) in [5.41, 5.74) is 1.34. The fourth-order valence-electron chi connectivity index (χ4n) is 1.66. The first-order chi connectivity index (χ1) is 9.51. The largest absolute Gasteiger partial charge is 0.478 e. The summed E-state index contributed by atoms with van der Waals surface area (Å²) in [5, 5.41) is 18.1. The van der Waals surface area contributed by atoms with Crippen LogP contribution in [0.1, 0.15) is 21.5 Å². The Balaban J connectivity index is 2.45. The van der Waals surface area contributed by atoms with Crippen LogP contribution in [0.5, 0.6) is 11.5 Å². The smallest absolute Gasteiger partial charge is 0.339 e. The third kappa shape index (κ3) is 2.98. The molecule has 5 heteroatoms. The molecule has 0 aliphatic carbocycles. The second-order valence-electron chi connectivity index (χ2n) is 4.14. The van der Waals surface area contributed by atoms with Gasteiger partial charge >= 0.3 is 5.97 Å². The molecule has 0 saturated heterocycles. The Morgan fingerprint density at radius 1 is 1.25 bits per heavy atom. The number of ether oxygens (including phenoxy) is 1. The van der Waals surface area contributed by atoms with E-state index in [0.717, 1.165) is 5.56 Å². The lowest BCUT2D eigenvalue weighted by molar-refractivity contribution is 0.0694. The topological polar surface area (TPSA) is 70.3 Å². The SMILES string of the molecule is Cc1ccc(C#N)cc1Oc1ccc(Br)cc1C(=O)O. The van der Waals surface area contributed by atoms with Crippen LogP contribution in [0.4, 0.5) is 0 Å². The highest BCUT2D eigenvalue weighted by molar-refractivity contribution is 9.10. The molecular formula is C15H10BrNO3. The van der Waals surface area contributed by atoms with E-state index in [0.29, 0.717) is 15.8 Å². The standard InChI is InChI=1S/C15H10BrNO3/c1-9-2-3-10(8-17)6-14(9)20-13-5-4-11(16)7-12(13)15(18)19/h2-7H,1H3,(H,18,19). The number of hydrogen-bond donors (Lipinski definition) is 1. The minimum atomic E-state index is -1.07. The van der Waals surface area contributed by atoms with Crippen molar-refractivity contribution in [2.24, 2.45) is 0 Å². The van der Waals surface area contributed by atoms with Crippen LogP contribution in [-0.2, 0) is 0 Å². The number of carboxylic acids is 1. The normalized spacial score (nSPS) is 9.85. The van der Waals surface area contributed by atoms with Crippen molar-refractivity contribution in [3.63, 3.8) is 0 Å². The van der Waals surface area contributed by atoms with E-state index in [1.165, 1.54) is 6.07 Å². The van der Waals surface area contributed by atoms with Crippen LogP contribution in [0, 0.1) is 18.3 Å². The van der Waals surface area contributed by atoms with Crippen LogP contribution < -0.4 is 4.74 Å². The van der Waals surface area contributed by atoms with E-state index < -0.39 is 5.97 Å². The van der Waals surface area contributed by atoms with Gasteiger partial charge in [-0.1, -0.05) is 22.0 Å². The molecule has 0 radical (unpaired) electrons. The van der Waals surface area contributed by atoms with Gasteiger partial charge in [0.25, 0.3) is 0 Å². The molecule has 0 spiro atoms. The maximum absolute atomic E-state index is 11.2. The molecule has 2 aromatic rings. The quantitative estimate of drug-likeness (QED) is 0.918. The maximum Gasteiger partial charge on any atom is 0.339 e. The monoisotopic (exact) mass is 331 g/mol. The van der Waals surface area contributed by atoms with E-state index in [-0.39, 0.29) is 11.3 Å². The number of carboxylic acid groups (broad SMARTS) is 1. The summed E-state index contributed by atoms with van der Waals surface area (Å²) in [4.78, 5) is 11.2. The molecule has 0 atom stereocenters. The van der Waals surface area contributed by atoms with Gasteiger partial charge in [-0.05, 0) is 42.8 Å². The number of nitrogens with zero attached hydrogens (tertiary/aromatic N) is 1. The molecule has 2 rings (SSSR count). The summed E-state index contributed by atoms with van der Waals surface area (Å²) >= 11 is 3.23. The Bertz CT molecular complexity index is 720. The lowest BCUT2D eigenvalue weighted by Crippen LogP contribution is -2.00. The van der Waals surface area contributed by atoms with Crippen molar-refractivity contribution < 1.29 is 14.6 Å². The first-order valence-corrected chi connectivity index (χ1v) is 6.52. The molecule has 0 heterocycles. The summed E-state index contributed by atoms with van der Waals surface area (Å²) in [5.74, 6) is -0.372. The van der Waals surface area contributed by atoms with E-state index in [4.69, 9.17) is 10.00 Å². The number of hydrogen-bond acceptors (Lipinski definition) is 3. The van der Waals surface area contributed by atoms with Crippen molar-refractivity contribution in [2.75, 3.05) is 0 Å². The Kier molecular flexibility index (Phi) is 4.06. The fourth-order valence-corrected chi connectivity index (χ4v) is 2.02. The summed E-state index contributed by atoms with van der Waals surface area (Å²) in [7, 11) is 0. The fraction of sp³-hybridized carbons (Fsp3) is 0.0667. The number of benzene rings is 2. The first-order valence-electron chi connectivity index (χ1n) is 5.72. The molecule has 0 aromatic heterocycles. The van der Waals surface area contributed by atoms with Crippen LogP contribution in [0.15, 0.2) is 40.9 Å². The molecule has 0 aliphatic rings. The van der Waals surface area contributed by atoms with Gasteiger partial charge in [0.2, 0.25) is 0 Å². The minimum Gasteiger partial charge on any atom is -0.478 e. The first kappa shape index (κ1) is 14.1. The van der Waals surface area contributed by atoms with E-state index in [1.807, 2.05) is 13.0 Å². The van der Waals surface area contributed by atoms with Gasteiger partial charge in [0.15, 0.2) is 0 Å². The number of nitriles is 1. The highest BCUT2D eigenvalue weighted by atomic mass is 79.9. The lowest BCUT2D eigenvalue weighted by Gasteiger charge is -2.11. The molecular weight excluding hydrogens is 322 g/mol. The molecule has 0 unspecified atom stereocenters. The molecule has 4 nitrogen and oxygen atoms in total. The van der Waals surface area contributed by atoms with Crippen molar-refractivity contribution in [1.29, 1.82) is 5.26 Å². The summed E-state index contributed by atoms with van der Waals surface area (Å²) in [6.07, 6.45) is 0. The molecule has 0 amide bonds. The van der Waals surface area contributed by atoms with Gasteiger partial charge in [-0.3, -0.25) is 0 Å². The Morgan fingerprint density at radius 3 is 2.65 bits per heavy atom. The van der Waals surface area contributed by atoms with Crippen molar-refractivity contribution >= 4 is 21.9 Å². The van der Waals surface area contributed by atoms with Crippen LogP contribution in [-0.4, -0.2) is 11.1 Å². The van der Waals surface area contributed by atoms with E-state index in [1.54, 1.807) is 30.3 Å². The summed E-state index contributed by atoms with van der Waals surface area (Å²) in [6, 6.07) is 11.8. The molecule has 100 valence electrons. The average Bonchev–Trinajstić information content (AvgIpc) is 2.42. The second kappa shape index (κ2) is 5.76. The Labute approximate surface area is 124 Å². The van der Waals surface area contributed by atoms with Crippen molar-refractivity contribution in [2.45, 2.75) is 6.92 Å². The summed E-state index contributed by atoms with van der Waals surface area (Å²) < 4.78 is 6.30. The van der Waals surface area contributed by atoms with Crippen LogP contribution >= 0.6 is 15.9 Å². The van der Waals surface area contributed by atoms with Crippen LogP contribution in [0.2, 0.25) is 0 Å². The predicted molar refractivity (Wildman–Crippen MR) is 77.1 cm³/mol. The number of rotatable bonds is 3. The third-order valence-electron chi connectivity index (χ3n) is 2.71. The summed E-state index contributed by atoms with van der Waals surface area (Å²) in [6.45, 7) is 1.83. The molecule has 1 N–H and O–H groups in total. The number of carbonyl (C=O) groups is 1. The van der Waals surface area contributed by atoms with Crippen molar-refractivity contribution in [1.82, 2.24) is 0 Å². The number of halogens is 1. The van der Waals surface area contributed by atoms with Crippen molar-refractivity contribution in [3.05, 3.63) is 57.6 Å². The molecule has 0 saturated carbocycles. The third-order valence-corrected chi connectivity index (χ3v) is 3.20. The van der Waals surface area contributed by atoms with Gasteiger partial charge in [0.1, 0.15) is 17.1 Å². The second-order valence-corrected chi connectivity index (χ2v) is 5.06. The molecule has 2 aromatic carbocycles. The van der Waals surface area contributed by atoms with Gasteiger partial charge in [0, 0.05) is 4.47 Å². The lowest BCUT2D eigenvalue weighted by atomic mass is 10.1. The van der Waals surface area contributed by atoms with Gasteiger partial charge < -0.3 is 9.84 Å². The average molecular weight is 332 g/mol. The van der Waals surface area contributed by atoms with Gasteiger partial charge in [0.05, 0.1) is 11.6 Å². The predicted octanol–water partition coefficient (Wildman–Crippen LogP) is 4.12. The minimum absolute atomic E-state index is 0.0566. The molecule has 0 aliphatic heterocycles. The number of aryl methyl sites for hydroxylation is 1. The molecule has 0 bridgehead atoms. The van der Waals surface area contributed by atoms with Crippen LogP contribution in [0.3, 0.4) is 0 Å². The van der Waals surface area contributed by atoms with Gasteiger partial charge in [-0.25, -0.2) is 4.79 Å². The van der Waals surface area contributed by atoms with E-state index >= 15 is 0 Å². The van der Waals surface area contributed by atoms with Gasteiger partial charge in [-0.15, -0.1) is 0 Å². The van der Waals surface area contributed by atoms with Crippen LogP contribution in [0.25, 0.3) is 0 Å². The Hall–Kier alpha value is -2.32. The van der Waals surface area contributed by atoms with Gasteiger partial charge in [-0.2, -0.15) is 5.26 Å². The molecule has 0 fully saturated rings. The zero-order valence-corrected chi connectivity index (χ0v) is 12.1. The van der Waals surface area contributed by atoms with E-state index in [2.05, 4.69) is 15.9 Å². The number of aromatic carboxylic acids is 1. The zero-order valence-electron chi connectivity index (χ0n) is 10.6. The highest BCUT2D eigenvalue weighted by Crippen LogP contribution is 2.30. The Morgan fingerprint density at radius 2 is 2.00 bits per heavy atom. The van der Waals surface area contributed by atoms with Crippen molar-refractivity contribution in [3.8, 4) is 17.6 Å². The zero-order chi connectivity index (χ0) is 14.7. The van der Waals surface area contributed by atoms with E-state index in [9.17, 15) is 9.90 Å².